The summed E-state index contributed by atoms with van der Waals surface area (Å²) < 4.78 is 0. The van der Waals surface area contributed by atoms with Crippen LogP contribution in [0, 0.1) is 5.41 Å². The summed E-state index contributed by atoms with van der Waals surface area (Å²) in [7, 11) is 0. The lowest BCUT2D eigenvalue weighted by molar-refractivity contribution is -0.143. The topological polar surface area (TPSA) is 63.3 Å². The summed E-state index contributed by atoms with van der Waals surface area (Å²) in [5, 5.41) is 9.54. The number of carboxylic acids is 1. The van der Waals surface area contributed by atoms with Gasteiger partial charge in [0.15, 0.2) is 0 Å². The van der Waals surface area contributed by atoms with E-state index in [-0.39, 0.29) is 0 Å². The fourth-order valence-electron chi connectivity index (χ4n) is 1.72. The van der Waals surface area contributed by atoms with Crippen molar-refractivity contribution in [2.75, 3.05) is 5.73 Å². The van der Waals surface area contributed by atoms with Gasteiger partial charge >= 0.3 is 5.97 Å². The van der Waals surface area contributed by atoms with Crippen LogP contribution in [0.15, 0.2) is 18.2 Å². The summed E-state index contributed by atoms with van der Waals surface area (Å²) in [5.74, 6) is -0.735. The molecule has 1 aliphatic rings. The van der Waals surface area contributed by atoms with E-state index in [1.165, 1.54) is 0 Å². The van der Waals surface area contributed by atoms with Crippen LogP contribution in [0.1, 0.15) is 18.4 Å². The highest BCUT2D eigenvalue weighted by atomic mass is 35.5. The molecule has 4 heteroatoms. The molecule has 0 atom stereocenters. The van der Waals surface area contributed by atoms with Crippen LogP contribution in [0.5, 0.6) is 0 Å². The minimum Gasteiger partial charge on any atom is -0.481 e. The molecule has 1 saturated carbocycles. The van der Waals surface area contributed by atoms with Gasteiger partial charge in [0, 0.05) is 0 Å². The van der Waals surface area contributed by atoms with Crippen molar-refractivity contribution in [2.45, 2.75) is 19.3 Å². The number of halogens is 1. The smallest absolute Gasteiger partial charge is 0.309 e. The Hall–Kier alpha value is -1.22. The second kappa shape index (κ2) is 3.42. The maximum atomic E-state index is 11.0. The lowest BCUT2D eigenvalue weighted by atomic mass is 9.96. The number of anilines is 1. The van der Waals surface area contributed by atoms with Crippen LogP contribution < -0.4 is 5.73 Å². The van der Waals surface area contributed by atoms with Crippen molar-refractivity contribution < 1.29 is 9.90 Å². The molecular formula is C11H12ClNO2. The van der Waals surface area contributed by atoms with E-state index in [1.54, 1.807) is 12.1 Å². The number of nitrogen functional groups attached to an aromatic ring is 1. The largest absolute Gasteiger partial charge is 0.481 e. The van der Waals surface area contributed by atoms with Gasteiger partial charge in [-0.15, -0.1) is 0 Å². The zero-order valence-electron chi connectivity index (χ0n) is 8.16. The van der Waals surface area contributed by atoms with E-state index in [0.29, 0.717) is 17.1 Å². The predicted octanol–water partition coefficient (Wildman–Crippen LogP) is 2.33. The minimum atomic E-state index is -0.735. The van der Waals surface area contributed by atoms with E-state index in [2.05, 4.69) is 0 Å². The van der Waals surface area contributed by atoms with Crippen LogP contribution in [-0.2, 0) is 11.2 Å². The number of rotatable bonds is 3. The van der Waals surface area contributed by atoms with Crippen LogP contribution in [0.25, 0.3) is 0 Å². The Kier molecular flexibility index (Phi) is 2.35. The van der Waals surface area contributed by atoms with Gasteiger partial charge in [-0.1, -0.05) is 23.7 Å². The van der Waals surface area contributed by atoms with E-state index in [1.807, 2.05) is 6.07 Å². The minimum absolute atomic E-state index is 0.478. The number of hydrogen-bond donors (Lipinski definition) is 2. The number of aliphatic carboxylic acids is 1. The molecule has 80 valence electrons. The molecule has 2 rings (SSSR count). The summed E-state index contributed by atoms with van der Waals surface area (Å²) >= 11 is 6.01. The molecule has 3 nitrogen and oxygen atoms in total. The van der Waals surface area contributed by atoms with Gasteiger partial charge in [0.25, 0.3) is 0 Å². The van der Waals surface area contributed by atoms with Crippen molar-refractivity contribution >= 4 is 23.3 Å². The Balaban J connectivity index is 2.25. The Labute approximate surface area is 92.8 Å². The van der Waals surface area contributed by atoms with Crippen LogP contribution in [0.3, 0.4) is 0 Å². The van der Waals surface area contributed by atoms with Crippen LogP contribution in [0.4, 0.5) is 5.69 Å². The molecule has 0 bridgehead atoms. The van der Waals surface area contributed by atoms with Crippen molar-refractivity contribution in [1.82, 2.24) is 0 Å². The van der Waals surface area contributed by atoms with Crippen LogP contribution in [0.2, 0.25) is 5.02 Å². The van der Waals surface area contributed by atoms with E-state index in [4.69, 9.17) is 22.4 Å². The first-order valence-electron chi connectivity index (χ1n) is 4.81. The third kappa shape index (κ3) is 1.79. The van der Waals surface area contributed by atoms with Crippen LogP contribution >= 0.6 is 11.6 Å². The summed E-state index contributed by atoms with van der Waals surface area (Å²) in [5.41, 5.74) is 6.41. The molecule has 0 spiro atoms. The Morgan fingerprint density at radius 2 is 2.20 bits per heavy atom. The third-order valence-corrected chi connectivity index (χ3v) is 3.41. The normalized spacial score (nSPS) is 17.4. The Morgan fingerprint density at radius 1 is 1.53 bits per heavy atom. The summed E-state index contributed by atoms with van der Waals surface area (Å²) in [6.45, 7) is 0. The van der Waals surface area contributed by atoms with Gasteiger partial charge in [-0.3, -0.25) is 4.79 Å². The Morgan fingerprint density at radius 3 is 2.73 bits per heavy atom. The van der Waals surface area contributed by atoms with Gasteiger partial charge in [-0.2, -0.15) is 0 Å². The Bertz CT molecular complexity index is 413. The van der Waals surface area contributed by atoms with Gasteiger partial charge < -0.3 is 10.8 Å². The molecule has 0 aliphatic heterocycles. The lowest BCUT2D eigenvalue weighted by Gasteiger charge is -2.11. The number of carbonyl (C=O) groups is 1. The third-order valence-electron chi connectivity index (χ3n) is 2.94. The van der Waals surface area contributed by atoms with Crippen molar-refractivity contribution in [2.24, 2.45) is 5.41 Å². The monoisotopic (exact) mass is 225 g/mol. The van der Waals surface area contributed by atoms with E-state index in [0.717, 1.165) is 18.4 Å². The van der Waals surface area contributed by atoms with Crippen LogP contribution in [-0.4, -0.2) is 11.1 Å². The summed E-state index contributed by atoms with van der Waals surface area (Å²) in [6.07, 6.45) is 1.94. The first kappa shape index (κ1) is 10.3. The van der Waals surface area contributed by atoms with Gasteiger partial charge in [0.2, 0.25) is 0 Å². The van der Waals surface area contributed by atoms with E-state index < -0.39 is 11.4 Å². The molecule has 1 aromatic carbocycles. The average Bonchev–Trinajstić information content (AvgIpc) is 2.94. The maximum absolute atomic E-state index is 11.0. The highest BCUT2D eigenvalue weighted by Crippen LogP contribution is 2.49. The fourth-order valence-corrected chi connectivity index (χ4v) is 1.91. The highest BCUT2D eigenvalue weighted by molar-refractivity contribution is 6.33. The molecule has 0 amide bonds. The molecule has 3 N–H and O–H groups in total. The molecule has 0 saturated heterocycles. The zero-order chi connectivity index (χ0) is 11.1. The van der Waals surface area contributed by atoms with Crippen molar-refractivity contribution in [3.05, 3.63) is 28.8 Å². The molecule has 0 aromatic heterocycles. The van der Waals surface area contributed by atoms with E-state index in [9.17, 15) is 4.79 Å². The SMILES string of the molecule is Nc1cccc(CC2(C(=O)O)CC2)c1Cl. The van der Waals surface area contributed by atoms with Gasteiger partial charge in [0.1, 0.15) is 0 Å². The number of hydrogen-bond acceptors (Lipinski definition) is 2. The molecule has 1 aliphatic carbocycles. The van der Waals surface area contributed by atoms with Gasteiger partial charge in [0.05, 0.1) is 16.1 Å². The molecule has 0 unspecified atom stereocenters. The summed E-state index contributed by atoms with van der Waals surface area (Å²) in [4.78, 5) is 11.0. The predicted molar refractivity (Wildman–Crippen MR) is 58.9 cm³/mol. The molecule has 0 radical (unpaired) electrons. The highest BCUT2D eigenvalue weighted by Gasteiger charge is 2.50. The average molecular weight is 226 g/mol. The van der Waals surface area contributed by atoms with Crippen molar-refractivity contribution in [1.29, 1.82) is 0 Å². The number of carboxylic acid groups (broad SMARTS) is 1. The van der Waals surface area contributed by atoms with Gasteiger partial charge in [-0.05, 0) is 30.9 Å². The van der Waals surface area contributed by atoms with Crippen molar-refractivity contribution in [3.63, 3.8) is 0 Å². The van der Waals surface area contributed by atoms with E-state index >= 15 is 0 Å². The quantitative estimate of drug-likeness (QED) is 0.776. The lowest BCUT2D eigenvalue weighted by Crippen LogP contribution is -2.17. The van der Waals surface area contributed by atoms with Gasteiger partial charge in [-0.25, -0.2) is 0 Å². The zero-order valence-corrected chi connectivity index (χ0v) is 8.92. The second-order valence-corrected chi connectivity index (χ2v) is 4.46. The molecular weight excluding hydrogens is 214 g/mol. The fraction of sp³-hybridized carbons (Fsp3) is 0.364. The molecule has 15 heavy (non-hydrogen) atoms. The molecule has 1 aromatic rings. The second-order valence-electron chi connectivity index (χ2n) is 4.08. The summed E-state index contributed by atoms with van der Waals surface area (Å²) in [6, 6.07) is 5.35. The first-order chi connectivity index (χ1) is 7.05. The number of nitrogens with two attached hydrogens (primary N) is 1. The molecule has 1 fully saturated rings. The van der Waals surface area contributed by atoms with Crippen molar-refractivity contribution in [3.8, 4) is 0 Å². The standard InChI is InChI=1S/C11H12ClNO2/c12-9-7(2-1-3-8(9)13)6-11(4-5-11)10(14)15/h1-3H,4-6,13H2,(H,14,15). The molecule has 0 heterocycles. The maximum Gasteiger partial charge on any atom is 0.309 e. The first-order valence-corrected chi connectivity index (χ1v) is 5.19. The number of benzene rings is 1.